The zero-order chi connectivity index (χ0) is 23.5. The second kappa shape index (κ2) is 9.12. The van der Waals surface area contributed by atoms with Gasteiger partial charge in [-0.25, -0.2) is 4.39 Å². The summed E-state index contributed by atoms with van der Waals surface area (Å²) < 4.78 is 24.1. The third-order valence-corrected chi connectivity index (χ3v) is 5.49. The fraction of sp³-hybridized carbons (Fsp3) is 0.160. The van der Waals surface area contributed by atoms with Gasteiger partial charge in [0.15, 0.2) is 0 Å². The van der Waals surface area contributed by atoms with Crippen LogP contribution in [0.5, 0.6) is 11.5 Å². The van der Waals surface area contributed by atoms with Gasteiger partial charge < -0.3 is 19.5 Å². The summed E-state index contributed by atoms with van der Waals surface area (Å²) in [6.45, 7) is 0.0394. The molecule has 1 aliphatic rings. The molecule has 1 saturated heterocycles. The maximum absolute atomic E-state index is 13.4. The Morgan fingerprint density at radius 2 is 1.61 bits per heavy atom. The molecule has 0 bridgehead atoms. The molecule has 1 fully saturated rings. The van der Waals surface area contributed by atoms with Crippen molar-refractivity contribution >= 4 is 17.4 Å². The van der Waals surface area contributed by atoms with Crippen molar-refractivity contribution in [3.63, 3.8) is 0 Å². The van der Waals surface area contributed by atoms with Crippen molar-refractivity contribution in [2.45, 2.75) is 12.6 Å². The molecule has 2 heterocycles. The van der Waals surface area contributed by atoms with Crippen LogP contribution in [0.4, 0.5) is 4.39 Å². The molecule has 8 heteroatoms. The molecule has 1 amide bonds. The van der Waals surface area contributed by atoms with Crippen LogP contribution in [0.1, 0.15) is 22.7 Å². The normalized spacial score (nSPS) is 17.3. The van der Waals surface area contributed by atoms with Crippen molar-refractivity contribution in [2.75, 3.05) is 14.2 Å². The Labute approximate surface area is 189 Å². The van der Waals surface area contributed by atoms with Crippen LogP contribution in [0.25, 0.3) is 5.76 Å². The Bertz CT molecular complexity index is 1200. The van der Waals surface area contributed by atoms with Gasteiger partial charge in [-0.1, -0.05) is 18.2 Å². The molecule has 0 aliphatic carbocycles. The van der Waals surface area contributed by atoms with E-state index >= 15 is 0 Å². The average molecular weight is 448 g/mol. The number of methoxy groups -OCH3 is 2. The predicted octanol–water partition coefficient (Wildman–Crippen LogP) is 3.86. The third-order valence-electron chi connectivity index (χ3n) is 5.49. The molecular weight excluding hydrogens is 427 g/mol. The largest absolute Gasteiger partial charge is 0.506 e. The number of likely N-dealkylation sites (tertiary alicyclic amines) is 1. The Kier molecular flexibility index (Phi) is 6.08. The second-order valence-electron chi connectivity index (χ2n) is 7.37. The lowest BCUT2D eigenvalue weighted by Crippen LogP contribution is -2.29. The molecule has 1 unspecified atom stereocenters. The number of pyridine rings is 1. The first-order valence-corrected chi connectivity index (χ1v) is 10.1. The maximum Gasteiger partial charge on any atom is 0.295 e. The molecule has 1 N–H and O–H groups in total. The minimum Gasteiger partial charge on any atom is -0.506 e. The van der Waals surface area contributed by atoms with Gasteiger partial charge in [-0.3, -0.25) is 14.6 Å². The average Bonchev–Trinajstić information content (AvgIpc) is 3.09. The van der Waals surface area contributed by atoms with Crippen LogP contribution in [0.2, 0.25) is 0 Å². The number of nitrogens with zero attached hydrogens (tertiary/aromatic N) is 2. The zero-order valence-electron chi connectivity index (χ0n) is 18.0. The number of ether oxygens (including phenoxy) is 2. The number of carbonyl (C=O) groups excluding carboxylic acids is 2. The highest BCUT2D eigenvalue weighted by atomic mass is 19.1. The van der Waals surface area contributed by atoms with Gasteiger partial charge in [0.2, 0.25) is 0 Å². The number of aliphatic hydroxyl groups is 1. The van der Waals surface area contributed by atoms with E-state index in [1.54, 1.807) is 42.5 Å². The number of hydrogen-bond acceptors (Lipinski definition) is 6. The SMILES string of the molecule is COc1cccc(OC)c1/C(O)=C1\C(=O)C(=O)N(Cc2ccc(F)cc2)C1c1ccncc1. The summed E-state index contributed by atoms with van der Waals surface area (Å²) in [6.07, 6.45) is 3.08. The summed E-state index contributed by atoms with van der Waals surface area (Å²) in [5, 5.41) is 11.3. The summed E-state index contributed by atoms with van der Waals surface area (Å²) in [6, 6.07) is 13.0. The van der Waals surface area contributed by atoms with Gasteiger partial charge in [-0.05, 0) is 47.5 Å². The van der Waals surface area contributed by atoms with Gasteiger partial charge in [0.25, 0.3) is 11.7 Å². The first-order valence-electron chi connectivity index (χ1n) is 10.1. The first kappa shape index (κ1) is 22.0. The van der Waals surface area contributed by atoms with Crippen molar-refractivity contribution < 1.29 is 28.6 Å². The van der Waals surface area contributed by atoms with Crippen LogP contribution in [-0.4, -0.2) is 40.9 Å². The number of aliphatic hydroxyl groups excluding tert-OH is 1. The van der Waals surface area contributed by atoms with Gasteiger partial charge in [0, 0.05) is 18.9 Å². The summed E-state index contributed by atoms with van der Waals surface area (Å²) in [4.78, 5) is 31.6. The van der Waals surface area contributed by atoms with E-state index in [4.69, 9.17) is 9.47 Å². The van der Waals surface area contributed by atoms with Gasteiger partial charge in [-0.15, -0.1) is 0 Å². The predicted molar refractivity (Wildman–Crippen MR) is 118 cm³/mol. The van der Waals surface area contributed by atoms with Crippen LogP contribution < -0.4 is 9.47 Å². The maximum atomic E-state index is 13.4. The topological polar surface area (TPSA) is 89.0 Å². The number of amides is 1. The monoisotopic (exact) mass is 448 g/mol. The Morgan fingerprint density at radius 3 is 2.18 bits per heavy atom. The molecule has 7 nitrogen and oxygen atoms in total. The van der Waals surface area contributed by atoms with Gasteiger partial charge in [-0.2, -0.15) is 0 Å². The lowest BCUT2D eigenvalue weighted by molar-refractivity contribution is -0.140. The van der Waals surface area contributed by atoms with E-state index in [-0.39, 0.29) is 29.2 Å². The summed E-state index contributed by atoms with van der Waals surface area (Å²) in [7, 11) is 2.86. The molecule has 0 radical (unpaired) electrons. The van der Waals surface area contributed by atoms with E-state index in [1.165, 1.54) is 43.6 Å². The van der Waals surface area contributed by atoms with Crippen molar-refractivity contribution in [2.24, 2.45) is 0 Å². The van der Waals surface area contributed by atoms with E-state index in [9.17, 15) is 19.1 Å². The number of hydrogen-bond donors (Lipinski definition) is 1. The molecule has 1 aromatic heterocycles. The molecule has 3 aromatic rings. The minimum absolute atomic E-state index is 0.0394. The van der Waals surface area contributed by atoms with E-state index < -0.39 is 29.3 Å². The van der Waals surface area contributed by atoms with Crippen molar-refractivity contribution in [3.8, 4) is 11.5 Å². The Balaban J connectivity index is 1.91. The summed E-state index contributed by atoms with van der Waals surface area (Å²) in [5.74, 6) is -1.88. The lowest BCUT2D eigenvalue weighted by Gasteiger charge is -2.25. The molecule has 1 aliphatic heterocycles. The van der Waals surface area contributed by atoms with Crippen molar-refractivity contribution in [3.05, 3.63) is 95.1 Å². The van der Waals surface area contributed by atoms with Crippen LogP contribution in [0, 0.1) is 5.82 Å². The zero-order valence-corrected chi connectivity index (χ0v) is 18.0. The van der Waals surface area contributed by atoms with Crippen LogP contribution in [0.3, 0.4) is 0 Å². The fourth-order valence-corrected chi connectivity index (χ4v) is 3.94. The number of Topliss-reactive ketones (excluding diaryl/α,β-unsaturated/α-hetero) is 1. The van der Waals surface area contributed by atoms with Gasteiger partial charge in [0.1, 0.15) is 28.6 Å². The molecule has 33 heavy (non-hydrogen) atoms. The molecule has 0 saturated carbocycles. The third kappa shape index (κ3) is 4.03. The Morgan fingerprint density at radius 1 is 1.00 bits per heavy atom. The van der Waals surface area contributed by atoms with Crippen LogP contribution in [-0.2, 0) is 16.1 Å². The highest BCUT2D eigenvalue weighted by Gasteiger charge is 2.46. The van der Waals surface area contributed by atoms with E-state index in [0.29, 0.717) is 11.1 Å². The summed E-state index contributed by atoms with van der Waals surface area (Å²) in [5.41, 5.74) is 1.28. The quantitative estimate of drug-likeness (QED) is 0.350. The molecule has 1 atom stereocenters. The molecule has 168 valence electrons. The second-order valence-corrected chi connectivity index (χ2v) is 7.37. The standard InChI is InChI=1S/C25H21FN2O5/c1-32-18-4-3-5-19(33-2)20(18)23(29)21-22(16-10-12-27-13-11-16)28(25(31)24(21)30)14-15-6-8-17(26)9-7-15/h3-13,22,29H,14H2,1-2H3/b23-21+. The number of carbonyl (C=O) groups is 2. The number of aromatic nitrogens is 1. The van der Waals surface area contributed by atoms with Gasteiger partial charge >= 0.3 is 0 Å². The van der Waals surface area contributed by atoms with Crippen molar-refractivity contribution in [1.29, 1.82) is 0 Å². The van der Waals surface area contributed by atoms with Crippen LogP contribution >= 0.6 is 0 Å². The smallest absolute Gasteiger partial charge is 0.295 e. The highest BCUT2D eigenvalue weighted by molar-refractivity contribution is 6.46. The minimum atomic E-state index is -0.896. The fourth-order valence-electron chi connectivity index (χ4n) is 3.94. The molecular formula is C25H21FN2O5. The molecule has 0 spiro atoms. The van der Waals surface area contributed by atoms with E-state index in [1.807, 2.05) is 0 Å². The van der Waals surface area contributed by atoms with E-state index in [0.717, 1.165) is 0 Å². The van der Waals surface area contributed by atoms with Crippen molar-refractivity contribution in [1.82, 2.24) is 9.88 Å². The number of ketones is 1. The number of rotatable bonds is 6. The first-order chi connectivity index (χ1) is 16.0. The Hall–Kier alpha value is -4.20. The number of benzene rings is 2. The number of halogens is 1. The van der Waals surface area contributed by atoms with Crippen LogP contribution in [0.15, 0.2) is 72.6 Å². The van der Waals surface area contributed by atoms with Gasteiger partial charge in [0.05, 0.1) is 25.8 Å². The molecule has 2 aromatic carbocycles. The van der Waals surface area contributed by atoms with E-state index in [2.05, 4.69) is 4.98 Å². The summed E-state index contributed by atoms with van der Waals surface area (Å²) >= 11 is 0. The lowest BCUT2D eigenvalue weighted by atomic mass is 9.95. The molecule has 4 rings (SSSR count). The highest BCUT2D eigenvalue weighted by Crippen LogP contribution is 2.43.